The topological polar surface area (TPSA) is 118 Å². The summed E-state index contributed by atoms with van der Waals surface area (Å²) >= 11 is 0. The van der Waals surface area contributed by atoms with E-state index in [-0.39, 0.29) is 24.1 Å². The molecule has 0 aliphatic carbocycles. The van der Waals surface area contributed by atoms with Crippen molar-refractivity contribution in [3.63, 3.8) is 0 Å². The molecule has 0 saturated carbocycles. The third-order valence-corrected chi connectivity index (χ3v) is 9.11. The number of fused-ring (bicyclic) bond motifs is 2. The van der Waals surface area contributed by atoms with Crippen molar-refractivity contribution in [2.75, 3.05) is 13.1 Å². The van der Waals surface area contributed by atoms with Gasteiger partial charge in [0.1, 0.15) is 23.9 Å². The smallest absolute Gasteiger partial charge is 0.322 e. The number of piperidine rings is 2. The molecule has 3 amide bonds. The quantitative estimate of drug-likeness (QED) is 0.332. The number of carbonyl (C=O) groups excluding carboxylic acids is 3. The number of pyridine rings is 1. The highest BCUT2D eigenvalue weighted by atomic mass is 19.4. The second kappa shape index (κ2) is 11.5. The molecule has 2 saturated heterocycles. The van der Waals surface area contributed by atoms with Gasteiger partial charge in [-0.15, -0.1) is 0 Å². The monoisotopic (exact) mass is 630 g/mol. The van der Waals surface area contributed by atoms with Gasteiger partial charge in [-0.3, -0.25) is 34.0 Å². The number of likely N-dealkylation sites (tertiary alicyclic amines) is 1. The van der Waals surface area contributed by atoms with E-state index in [0.29, 0.717) is 41.9 Å². The molecule has 236 valence electrons. The molecule has 46 heavy (non-hydrogen) atoms. The van der Waals surface area contributed by atoms with Crippen LogP contribution in [0.4, 0.5) is 13.2 Å². The Hall–Kier alpha value is -4.91. The van der Waals surface area contributed by atoms with Gasteiger partial charge in [0, 0.05) is 25.1 Å². The minimum absolute atomic E-state index is 0.152. The summed E-state index contributed by atoms with van der Waals surface area (Å²) < 4.78 is 40.6. The Morgan fingerprint density at radius 2 is 1.74 bits per heavy atom. The van der Waals surface area contributed by atoms with Gasteiger partial charge in [0.05, 0.1) is 10.9 Å². The largest absolute Gasteiger partial charge is 0.433 e. The summed E-state index contributed by atoms with van der Waals surface area (Å²) in [6.07, 6.45) is -1.11. The van der Waals surface area contributed by atoms with E-state index in [1.54, 1.807) is 17.0 Å². The predicted molar refractivity (Wildman–Crippen MR) is 160 cm³/mol. The summed E-state index contributed by atoms with van der Waals surface area (Å²) in [5.41, 5.74) is 2.40. The maximum Gasteiger partial charge on any atom is 0.433 e. The minimum Gasteiger partial charge on any atom is -0.322 e. The normalized spacial score (nSPS) is 19.5. The summed E-state index contributed by atoms with van der Waals surface area (Å²) in [6.45, 7) is 2.56. The second-order valence-corrected chi connectivity index (χ2v) is 12.0. The highest BCUT2D eigenvalue weighted by Crippen LogP contribution is 2.34. The fourth-order valence-electron chi connectivity index (χ4n) is 6.68. The molecule has 7 rings (SSSR count). The lowest BCUT2D eigenvalue weighted by atomic mass is 9.87. The molecule has 1 N–H and O–H groups in total. The Morgan fingerprint density at radius 1 is 0.935 bits per heavy atom. The molecule has 13 heteroatoms. The van der Waals surface area contributed by atoms with Gasteiger partial charge in [-0.05, 0) is 85.3 Å². The van der Waals surface area contributed by atoms with Crippen molar-refractivity contribution in [2.45, 2.75) is 56.9 Å². The number of amides is 3. The summed E-state index contributed by atoms with van der Waals surface area (Å²) in [5, 5.41) is 2.63. The van der Waals surface area contributed by atoms with E-state index in [2.05, 4.69) is 26.3 Å². The molecule has 10 nitrogen and oxygen atoms in total. The van der Waals surface area contributed by atoms with Gasteiger partial charge in [0.15, 0.2) is 0 Å². The number of alkyl halides is 3. The van der Waals surface area contributed by atoms with E-state index >= 15 is 0 Å². The molecule has 3 aliphatic heterocycles. The van der Waals surface area contributed by atoms with E-state index in [1.165, 1.54) is 18.5 Å². The number of halogens is 3. The zero-order valence-corrected chi connectivity index (χ0v) is 24.6. The van der Waals surface area contributed by atoms with E-state index in [1.807, 2.05) is 18.2 Å². The Bertz CT molecular complexity index is 1950. The van der Waals surface area contributed by atoms with Crippen LogP contribution in [0.1, 0.15) is 64.3 Å². The minimum atomic E-state index is -4.64. The summed E-state index contributed by atoms with van der Waals surface area (Å²) in [4.78, 5) is 62.0. The fraction of sp³-hybridized carbons (Fsp3) is 0.333. The molecule has 5 heterocycles. The summed E-state index contributed by atoms with van der Waals surface area (Å²) in [7, 11) is 0. The molecule has 2 aromatic heterocycles. The van der Waals surface area contributed by atoms with E-state index < -0.39 is 29.4 Å². The first-order valence-electron chi connectivity index (χ1n) is 15.1. The van der Waals surface area contributed by atoms with Crippen molar-refractivity contribution in [1.29, 1.82) is 0 Å². The SMILES string of the molecule is O=C1CCC(N2Cc3cc(C4CCN(Cc5ccc6ncn(-c7cccc(C(F)(F)F)n7)c(=O)c6c5)CC4)ccc3C2=O)C(=O)N1. The van der Waals surface area contributed by atoms with Gasteiger partial charge in [-0.2, -0.15) is 13.2 Å². The standard InChI is InChI=1S/C33H29F3N6O4/c34-33(35,36)27-2-1-3-28(38-27)42-18-37-25-7-4-19(14-24(25)32(42)46)16-40-12-10-20(11-13-40)21-5-6-23-22(15-21)17-41(31(23)45)26-8-9-29(43)39-30(26)44/h1-7,14-15,18,20,26H,8-13,16-17H2,(H,39,43,44). The second-order valence-electron chi connectivity index (χ2n) is 12.0. The van der Waals surface area contributed by atoms with Crippen LogP contribution in [0.25, 0.3) is 16.7 Å². The van der Waals surface area contributed by atoms with Crippen LogP contribution in [0, 0.1) is 0 Å². The Morgan fingerprint density at radius 3 is 2.50 bits per heavy atom. The zero-order chi connectivity index (χ0) is 32.2. The lowest BCUT2D eigenvalue weighted by Gasteiger charge is -2.32. The summed E-state index contributed by atoms with van der Waals surface area (Å²) in [5.74, 6) is -0.775. The number of nitrogens with one attached hydrogen (secondary N) is 1. The third-order valence-electron chi connectivity index (χ3n) is 9.11. The van der Waals surface area contributed by atoms with Crippen LogP contribution < -0.4 is 10.9 Å². The fourth-order valence-corrected chi connectivity index (χ4v) is 6.68. The molecule has 0 radical (unpaired) electrons. The highest BCUT2D eigenvalue weighted by Gasteiger charge is 2.39. The van der Waals surface area contributed by atoms with E-state index in [9.17, 15) is 32.3 Å². The molecule has 0 spiro atoms. The van der Waals surface area contributed by atoms with Gasteiger partial charge in [-0.25, -0.2) is 9.97 Å². The van der Waals surface area contributed by atoms with Crippen LogP contribution in [0.15, 0.2) is 65.7 Å². The first-order chi connectivity index (χ1) is 22.0. The molecule has 4 aromatic rings. The van der Waals surface area contributed by atoms with Crippen molar-refractivity contribution in [1.82, 2.24) is 29.7 Å². The van der Waals surface area contributed by atoms with Gasteiger partial charge in [0.25, 0.3) is 11.5 Å². The molecule has 2 fully saturated rings. The maximum atomic E-state index is 13.3. The lowest BCUT2D eigenvalue weighted by molar-refractivity contribution is -0.141. The first kappa shape index (κ1) is 29.8. The first-order valence-corrected chi connectivity index (χ1v) is 15.1. The molecule has 1 unspecified atom stereocenters. The summed E-state index contributed by atoms with van der Waals surface area (Å²) in [6, 6.07) is 14.1. The maximum absolute atomic E-state index is 13.3. The van der Waals surface area contributed by atoms with Crippen molar-refractivity contribution < 1.29 is 27.6 Å². The van der Waals surface area contributed by atoms with Gasteiger partial charge in [-0.1, -0.05) is 24.3 Å². The number of imide groups is 1. The number of hydrogen-bond donors (Lipinski definition) is 1. The van der Waals surface area contributed by atoms with Crippen LogP contribution in [-0.2, 0) is 28.9 Å². The lowest BCUT2D eigenvalue weighted by Crippen LogP contribution is -2.52. The number of hydrogen-bond acceptors (Lipinski definition) is 7. The van der Waals surface area contributed by atoms with Crippen LogP contribution in [0.2, 0.25) is 0 Å². The molecular weight excluding hydrogens is 601 g/mol. The van der Waals surface area contributed by atoms with Crippen LogP contribution in [0.3, 0.4) is 0 Å². The van der Waals surface area contributed by atoms with E-state index in [4.69, 9.17) is 0 Å². The molecule has 3 aliphatic rings. The molecule has 1 atom stereocenters. The molecule has 0 bridgehead atoms. The number of carbonyl (C=O) groups is 3. The molecular formula is C33H29F3N6O4. The molecule has 2 aromatic carbocycles. The number of rotatable bonds is 5. The number of benzene rings is 2. The average molecular weight is 631 g/mol. The van der Waals surface area contributed by atoms with Crippen LogP contribution in [-0.4, -0.2) is 61.2 Å². The zero-order valence-electron chi connectivity index (χ0n) is 24.6. The van der Waals surface area contributed by atoms with Crippen molar-refractivity contribution in [3.05, 3.63) is 99.2 Å². The van der Waals surface area contributed by atoms with Gasteiger partial charge >= 0.3 is 6.18 Å². The van der Waals surface area contributed by atoms with E-state index in [0.717, 1.165) is 53.3 Å². The van der Waals surface area contributed by atoms with Crippen molar-refractivity contribution >= 4 is 28.6 Å². The Labute approximate surface area is 260 Å². The van der Waals surface area contributed by atoms with Crippen molar-refractivity contribution in [2.24, 2.45) is 0 Å². The Balaban J connectivity index is 1.02. The number of nitrogens with zero attached hydrogens (tertiary/aromatic N) is 5. The third kappa shape index (κ3) is 5.55. The highest BCUT2D eigenvalue weighted by molar-refractivity contribution is 6.05. The van der Waals surface area contributed by atoms with Gasteiger partial charge < -0.3 is 4.90 Å². The van der Waals surface area contributed by atoms with Gasteiger partial charge in [0.2, 0.25) is 11.8 Å². The number of aromatic nitrogens is 3. The van der Waals surface area contributed by atoms with Crippen LogP contribution in [0.5, 0.6) is 0 Å². The predicted octanol–water partition coefficient (Wildman–Crippen LogP) is 3.94. The van der Waals surface area contributed by atoms with Crippen LogP contribution >= 0.6 is 0 Å². The van der Waals surface area contributed by atoms with Crippen molar-refractivity contribution in [3.8, 4) is 5.82 Å². The average Bonchev–Trinajstić information content (AvgIpc) is 3.36. The Kier molecular flexibility index (Phi) is 7.42.